The van der Waals surface area contributed by atoms with Gasteiger partial charge < -0.3 is 9.47 Å². The van der Waals surface area contributed by atoms with Crippen LogP contribution in [0.25, 0.3) is 11.8 Å². The summed E-state index contributed by atoms with van der Waals surface area (Å²) in [4.78, 5) is 46.7. The molecule has 0 saturated heterocycles. The third-order valence-electron chi connectivity index (χ3n) is 7.36. The van der Waals surface area contributed by atoms with Gasteiger partial charge in [0.1, 0.15) is 17.7 Å². The summed E-state index contributed by atoms with van der Waals surface area (Å²) < 4.78 is 12.9. The van der Waals surface area contributed by atoms with Gasteiger partial charge in [-0.3, -0.25) is 14.2 Å². The first-order valence-electron chi connectivity index (χ1n) is 13.9. The summed E-state index contributed by atoms with van der Waals surface area (Å²) in [5.74, 6) is -1.22. The van der Waals surface area contributed by atoms with Gasteiger partial charge in [-0.1, -0.05) is 71.5 Å². The number of hydrazone groups is 1. The van der Waals surface area contributed by atoms with Gasteiger partial charge in [-0.25, -0.2) is 9.79 Å². The second-order valence-corrected chi connectivity index (χ2v) is 11.5. The number of methoxy groups -OCH3 is 1. The van der Waals surface area contributed by atoms with Crippen LogP contribution in [0.3, 0.4) is 0 Å². The second kappa shape index (κ2) is 12.1. The fraction of sp³-hybridized carbons (Fsp3) is 0.182. The van der Waals surface area contributed by atoms with E-state index < -0.39 is 23.5 Å². The monoisotopic (exact) mass is 626 g/mol. The number of hydrogen-bond donors (Lipinski definition) is 0. The number of amides is 1. The minimum absolute atomic E-state index is 0.120. The largest absolute Gasteiger partial charge is 0.496 e. The number of esters is 1. The number of anilines is 1. The molecule has 2 aliphatic heterocycles. The highest BCUT2D eigenvalue weighted by Crippen LogP contribution is 2.39. The summed E-state index contributed by atoms with van der Waals surface area (Å²) in [6.07, 6.45) is 1.62. The van der Waals surface area contributed by atoms with E-state index in [0.29, 0.717) is 43.8 Å². The standard InChI is InChI=1S/C33H27ClN4O5S/c1-4-43-32(41)27-28(20-11-7-5-8-12-20)35-33-37(29(27)24-17-21(34)15-16-25(24)42-3)31(40)26(44-33)18-23-19(2)36-38(30(23)39)22-13-9-6-10-14-22/h5-18,23,29H,4H2,1-3H3/b26-18-/t23-,29-/m0/s1. The van der Waals surface area contributed by atoms with Crippen LogP contribution in [0.1, 0.15) is 31.0 Å². The van der Waals surface area contributed by atoms with Gasteiger partial charge in [-0.2, -0.15) is 10.1 Å². The Labute approximate surface area is 261 Å². The van der Waals surface area contributed by atoms with Crippen LogP contribution in [0.2, 0.25) is 5.02 Å². The predicted molar refractivity (Wildman–Crippen MR) is 170 cm³/mol. The zero-order valence-corrected chi connectivity index (χ0v) is 25.6. The average Bonchev–Trinajstić information content (AvgIpc) is 3.51. The average molecular weight is 627 g/mol. The lowest BCUT2D eigenvalue weighted by atomic mass is 9.92. The van der Waals surface area contributed by atoms with Crippen molar-refractivity contribution in [2.45, 2.75) is 19.9 Å². The van der Waals surface area contributed by atoms with E-state index in [1.54, 1.807) is 50.3 Å². The Morgan fingerprint density at radius 2 is 1.75 bits per heavy atom. The molecular formula is C33H27ClN4O5S. The van der Waals surface area contributed by atoms with Crippen LogP contribution in [0.15, 0.2) is 99.3 Å². The van der Waals surface area contributed by atoms with E-state index in [9.17, 15) is 14.4 Å². The van der Waals surface area contributed by atoms with E-state index in [4.69, 9.17) is 26.1 Å². The fourth-order valence-corrected chi connectivity index (χ4v) is 6.54. The highest BCUT2D eigenvalue weighted by Gasteiger charge is 2.38. The van der Waals surface area contributed by atoms with Gasteiger partial charge in [0.2, 0.25) is 0 Å². The number of fused-ring (bicyclic) bond motifs is 1. The Morgan fingerprint density at radius 1 is 1.05 bits per heavy atom. The van der Waals surface area contributed by atoms with Crippen LogP contribution in [0.4, 0.5) is 5.69 Å². The first-order valence-corrected chi connectivity index (χ1v) is 15.1. The number of nitrogens with zero attached hydrogens (tertiary/aromatic N) is 4. The molecule has 3 heterocycles. The predicted octanol–water partition coefficient (Wildman–Crippen LogP) is 4.59. The van der Waals surface area contributed by atoms with Crippen molar-refractivity contribution < 1.29 is 19.1 Å². The summed E-state index contributed by atoms with van der Waals surface area (Å²) >= 11 is 7.59. The van der Waals surface area contributed by atoms with Gasteiger partial charge in [0.25, 0.3) is 11.5 Å². The third-order valence-corrected chi connectivity index (χ3v) is 8.60. The normalized spacial score (nSPS) is 18.2. The van der Waals surface area contributed by atoms with Gasteiger partial charge in [0, 0.05) is 16.1 Å². The summed E-state index contributed by atoms with van der Waals surface area (Å²) in [5.41, 5.74) is 2.46. The van der Waals surface area contributed by atoms with Crippen molar-refractivity contribution in [2.24, 2.45) is 16.0 Å². The first-order chi connectivity index (χ1) is 21.3. The molecule has 2 atom stereocenters. The third kappa shape index (κ3) is 5.16. The van der Waals surface area contributed by atoms with Crippen molar-refractivity contribution in [3.8, 4) is 5.75 Å². The van der Waals surface area contributed by atoms with Gasteiger partial charge >= 0.3 is 5.97 Å². The fourth-order valence-electron chi connectivity index (χ4n) is 5.34. The molecule has 3 aromatic carbocycles. The van der Waals surface area contributed by atoms with Gasteiger partial charge in [0.05, 0.1) is 40.9 Å². The zero-order valence-electron chi connectivity index (χ0n) is 24.1. The van der Waals surface area contributed by atoms with Crippen LogP contribution in [-0.4, -0.2) is 35.9 Å². The second-order valence-electron chi connectivity index (χ2n) is 10.0. The Balaban J connectivity index is 1.59. The quantitative estimate of drug-likeness (QED) is 0.279. The van der Waals surface area contributed by atoms with Crippen molar-refractivity contribution in [2.75, 3.05) is 18.7 Å². The molecule has 0 aliphatic carbocycles. The van der Waals surface area contributed by atoms with Crippen LogP contribution in [0, 0.1) is 5.92 Å². The number of rotatable bonds is 7. The summed E-state index contributed by atoms with van der Waals surface area (Å²) in [7, 11) is 1.51. The van der Waals surface area contributed by atoms with Crippen molar-refractivity contribution in [1.82, 2.24) is 4.57 Å². The molecule has 0 saturated carbocycles. The first kappa shape index (κ1) is 29.3. The molecular weight excluding hydrogens is 600 g/mol. The van der Waals surface area contributed by atoms with Crippen molar-refractivity contribution >= 4 is 58.0 Å². The number of ether oxygens (including phenoxy) is 2. The molecule has 44 heavy (non-hydrogen) atoms. The molecule has 9 nitrogen and oxygen atoms in total. The molecule has 1 aromatic heterocycles. The molecule has 0 fully saturated rings. The van der Waals surface area contributed by atoms with Crippen LogP contribution in [0.5, 0.6) is 5.75 Å². The molecule has 0 spiro atoms. The minimum atomic E-state index is -0.980. The zero-order chi connectivity index (χ0) is 31.0. The number of carbonyl (C=O) groups is 2. The summed E-state index contributed by atoms with van der Waals surface area (Å²) in [6, 6.07) is 22.4. The van der Waals surface area contributed by atoms with Gasteiger partial charge in [-0.15, -0.1) is 0 Å². The Morgan fingerprint density at radius 3 is 2.43 bits per heavy atom. The van der Waals surface area contributed by atoms with E-state index in [1.165, 1.54) is 16.7 Å². The molecule has 0 unspecified atom stereocenters. The van der Waals surface area contributed by atoms with E-state index in [-0.39, 0.29) is 22.6 Å². The molecule has 6 rings (SSSR count). The smallest absolute Gasteiger partial charge is 0.338 e. The van der Waals surface area contributed by atoms with E-state index in [1.807, 2.05) is 48.5 Å². The topological polar surface area (TPSA) is 103 Å². The maximum absolute atomic E-state index is 14.3. The highest BCUT2D eigenvalue weighted by molar-refractivity contribution is 7.07. The van der Waals surface area contributed by atoms with E-state index in [2.05, 4.69) is 5.10 Å². The van der Waals surface area contributed by atoms with Crippen LogP contribution >= 0.6 is 22.9 Å². The molecule has 11 heteroatoms. The van der Waals surface area contributed by atoms with E-state index >= 15 is 0 Å². The Kier molecular flexibility index (Phi) is 8.03. The molecule has 0 N–H and O–H groups in total. The number of carbonyl (C=O) groups excluding carboxylic acids is 2. The number of para-hydroxylation sites is 1. The molecule has 2 aliphatic rings. The van der Waals surface area contributed by atoms with Crippen LogP contribution < -0.4 is 24.6 Å². The Bertz CT molecular complexity index is 2020. The molecule has 222 valence electrons. The molecule has 4 aromatic rings. The SMILES string of the molecule is CCOC(=O)C1=C(c2ccccc2)N=c2s/c(=C\[C@@H]3C(=O)N(c4ccccc4)N=C3C)c(=O)n2[C@H]1c1cc(Cl)ccc1OC. The maximum Gasteiger partial charge on any atom is 0.338 e. The summed E-state index contributed by atoms with van der Waals surface area (Å²) in [5, 5.41) is 6.22. The Hall–Kier alpha value is -4.80. The number of halogens is 1. The lowest BCUT2D eigenvalue weighted by molar-refractivity contribution is -0.138. The number of aromatic nitrogens is 1. The molecule has 0 bridgehead atoms. The number of hydrogen-bond acceptors (Lipinski definition) is 8. The highest BCUT2D eigenvalue weighted by atomic mass is 35.5. The van der Waals surface area contributed by atoms with Crippen LogP contribution in [-0.2, 0) is 14.3 Å². The number of thiazole rings is 1. The maximum atomic E-state index is 14.3. The van der Waals surface area contributed by atoms with Gasteiger partial charge in [-0.05, 0) is 50.3 Å². The minimum Gasteiger partial charge on any atom is -0.496 e. The molecule has 0 radical (unpaired) electrons. The number of benzene rings is 3. The van der Waals surface area contributed by atoms with Crippen molar-refractivity contribution in [3.63, 3.8) is 0 Å². The van der Waals surface area contributed by atoms with Gasteiger partial charge in [0.15, 0.2) is 4.80 Å². The lowest BCUT2D eigenvalue weighted by Gasteiger charge is -2.27. The molecule has 1 amide bonds. The van der Waals surface area contributed by atoms with Crippen molar-refractivity contribution in [1.29, 1.82) is 0 Å². The lowest BCUT2D eigenvalue weighted by Crippen LogP contribution is -2.40. The summed E-state index contributed by atoms with van der Waals surface area (Å²) in [6.45, 7) is 3.59. The van der Waals surface area contributed by atoms with E-state index in [0.717, 1.165) is 11.3 Å². The van der Waals surface area contributed by atoms with Crippen molar-refractivity contribution in [3.05, 3.63) is 120 Å².